The van der Waals surface area contributed by atoms with E-state index in [9.17, 15) is 0 Å². The summed E-state index contributed by atoms with van der Waals surface area (Å²) < 4.78 is 0. The Hall–Kier alpha value is -0.0800. The minimum Gasteiger partial charge on any atom is -0.311 e. The second-order valence-corrected chi connectivity index (χ2v) is 6.42. The van der Waals surface area contributed by atoms with Gasteiger partial charge in [-0.2, -0.15) is 0 Å². The van der Waals surface area contributed by atoms with Crippen molar-refractivity contribution in [1.29, 1.82) is 0 Å². The molecule has 2 rings (SSSR count). The van der Waals surface area contributed by atoms with Crippen molar-refractivity contribution in [1.82, 2.24) is 10.2 Å². The van der Waals surface area contributed by atoms with Gasteiger partial charge in [0.25, 0.3) is 0 Å². The quantitative estimate of drug-likeness (QED) is 0.813. The van der Waals surface area contributed by atoms with Gasteiger partial charge in [0, 0.05) is 31.7 Å². The van der Waals surface area contributed by atoms with Crippen LogP contribution in [-0.2, 0) is 0 Å². The van der Waals surface area contributed by atoms with E-state index in [2.05, 4.69) is 37.9 Å². The topological polar surface area (TPSA) is 15.3 Å². The van der Waals surface area contributed by atoms with E-state index in [0.29, 0.717) is 0 Å². The van der Waals surface area contributed by atoms with E-state index in [1.807, 2.05) is 0 Å². The number of hydrogen-bond donors (Lipinski definition) is 1. The Morgan fingerprint density at radius 2 is 2.06 bits per heavy atom. The van der Waals surface area contributed by atoms with Crippen LogP contribution in [0.3, 0.4) is 0 Å². The average molecular weight is 238 g/mol. The average Bonchev–Trinajstić information content (AvgIpc) is 2.69. The molecule has 0 bridgehead atoms. The number of nitrogens with one attached hydrogen (secondary N) is 1. The zero-order chi connectivity index (χ0) is 12.4. The van der Waals surface area contributed by atoms with Crippen LogP contribution in [0.2, 0.25) is 0 Å². The van der Waals surface area contributed by atoms with Gasteiger partial charge in [-0.1, -0.05) is 34.1 Å². The normalized spacial score (nSPS) is 41.6. The molecule has 1 saturated carbocycles. The Kier molecular flexibility index (Phi) is 4.48. The lowest BCUT2D eigenvalue weighted by molar-refractivity contribution is 0.0991. The lowest BCUT2D eigenvalue weighted by Crippen LogP contribution is -2.56. The number of rotatable bonds is 3. The van der Waals surface area contributed by atoms with E-state index >= 15 is 0 Å². The fraction of sp³-hybridized carbons (Fsp3) is 1.00. The molecule has 0 aromatic heterocycles. The van der Waals surface area contributed by atoms with E-state index in [4.69, 9.17) is 0 Å². The van der Waals surface area contributed by atoms with Gasteiger partial charge in [0.1, 0.15) is 0 Å². The molecule has 5 unspecified atom stereocenters. The molecule has 1 N–H and O–H groups in total. The molecular formula is C15H30N2. The predicted octanol–water partition coefficient (Wildman–Crippen LogP) is 2.74. The van der Waals surface area contributed by atoms with Crippen molar-refractivity contribution in [3.63, 3.8) is 0 Å². The Bertz CT molecular complexity index is 241. The molecule has 1 heterocycles. The molecular weight excluding hydrogens is 208 g/mol. The fourth-order valence-electron chi connectivity index (χ4n) is 3.62. The Balaban J connectivity index is 1.93. The van der Waals surface area contributed by atoms with E-state index in [-0.39, 0.29) is 0 Å². The molecule has 0 aromatic rings. The molecule has 2 fully saturated rings. The molecule has 5 atom stereocenters. The van der Waals surface area contributed by atoms with Gasteiger partial charge in [0.2, 0.25) is 0 Å². The van der Waals surface area contributed by atoms with E-state index in [0.717, 1.165) is 29.8 Å². The maximum Gasteiger partial charge on any atom is 0.0221 e. The third kappa shape index (κ3) is 2.85. The number of hydrogen-bond acceptors (Lipinski definition) is 2. The summed E-state index contributed by atoms with van der Waals surface area (Å²) in [6.07, 6.45) is 4.15. The van der Waals surface area contributed by atoms with Gasteiger partial charge < -0.3 is 5.32 Å². The lowest BCUT2D eigenvalue weighted by Gasteiger charge is -2.41. The van der Waals surface area contributed by atoms with Crippen LogP contribution < -0.4 is 5.32 Å². The largest absolute Gasteiger partial charge is 0.311 e. The monoisotopic (exact) mass is 238 g/mol. The Morgan fingerprint density at radius 3 is 2.65 bits per heavy atom. The molecule has 0 amide bonds. The second kappa shape index (κ2) is 5.71. The summed E-state index contributed by atoms with van der Waals surface area (Å²) >= 11 is 0. The van der Waals surface area contributed by atoms with Crippen LogP contribution in [0.15, 0.2) is 0 Å². The van der Waals surface area contributed by atoms with E-state index in [1.165, 1.54) is 38.9 Å². The molecule has 1 saturated heterocycles. The fourth-order valence-corrected chi connectivity index (χ4v) is 3.62. The SMILES string of the molecule is CCC(C)C1CN(C2CCC(C)C2C)CCN1. The summed E-state index contributed by atoms with van der Waals surface area (Å²) in [5.74, 6) is 2.63. The molecule has 0 radical (unpaired) electrons. The number of piperazine rings is 1. The van der Waals surface area contributed by atoms with Crippen molar-refractivity contribution in [2.24, 2.45) is 17.8 Å². The van der Waals surface area contributed by atoms with Crippen molar-refractivity contribution in [2.75, 3.05) is 19.6 Å². The summed E-state index contributed by atoms with van der Waals surface area (Å²) in [7, 11) is 0. The van der Waals surface area contributed by atoms with Crippen molar-refractivity contribution in [3.05, 3.63) is 0 Å². The Morgan fingerprint density at radius 1 is 1.29 bits per heavy atom. The van der Waals surface area contributed by atoms with Crippen LogP contribution in [0.5, 0.6) is 0 Å². The molecule has 0 aromatic carbocycles. The molecule has 0 spiro atoms. The highest BCUT2D eigenvalue weighted by atomic mass is 15.2. The molecule has 2 nitrogen and oxygen atoms in total. The van der Waals surface area contributed by atoms with Crippen molar-refractivity contribution < 1.29 is 0 Å². The van der Waals surface area contributed by atoms with Crippen LogP contribution in [0, 0.1) is 17.8 Å². The number of nitrogens with zero attached hydrogens (tertiary/aromatic N) is 1. The smallest absolute Gasteiger partial charge is 0.0221 e. The highest BCUT2D eigenvalue weighted by Crippen LogP contribution is 2.35. The van der Waals surface area contributed by atoms with Crippen LogP contribution in [0.25, 0.3) is 0 Å². The molecule has 17 heavy (non-hydrogen) atoms. The van der Waals surface area contributed by atoms with Gasteiger partial charge in [0.05, 0.1) is 0 Å². The van der Waals surface area contributed by atoms with Gasteiger partial charge in [-0.3, -0.25) is 4.90 Å². The van der Waals surface area contributed by atoms with Crippen molar-refractivity contribution in [2.45, 2.75) is 59.0 Å². The first-order chi connectivity index (χ1) is 8.13. The maximum atomic E-state index is 3.71. The van der Waals surface area contributed by atoms with Gasteiger partial charge in [-0.05, 0) is 30.6 Å². The Labute approximate surface area is 107 Å². The van der Waals surface area contributed by atoms with Gasteiger partial charge in [0.15, 0.2) is 0 Å². The summed E-state index contributed by atoms with van der Waals surface area (Å²) in [5, 5.41) is 3.71. The minimum atomic E-state index is 0.719. The summed E-state index contributed by atoms with van der Waals surface area (Å²) in [6, 6.07) is 1.58. The third-order valence-electron chi connectivity index (χ3n) is 5.46. The zero-order valence-corrected chi connectivity index (χ0v) is 12.1. The first-order valence-corrected chi connectivity index (χ1v) is 7.61. The van der Waals surface area contributed by atoms with Crippen molar-refractivity contribution >= 4 is 0 Å². The van der Waals surface area contributed by atoms with Gasteiger partial charge in [-0.15, -0.1) is 0 Å². The highest BCUT2D eigenvalue weighted by Gasteiger charge is 2.36. The lowest BCUT2D eigenvalue weighted by atomic mass is 9.93. The second-order valence-electron chi connectivity index (χ2n) is 6.42. The molecule has 2 aliphatic rings. The molecule has 2 heteroatoms. The first-order valence-electron chi connectivity index (χ1n) is 7.61. The van der Waals surface area contributed by atoms with Gasteiger partial charge >= 0.3 is 0 Å². The standard InChI is InChI=1S/C15H30N2/c1-5-11(2)14-10-17(9-8-16-14)15-7-6-12(3)13(15)4/h11-16H,5-10H2,1-4H3. The minimum absolute atomic E-state index is 0.719. The summed E-state index contributed by atoms with van der Waals surface area (Å²) in [4.78, 5) is 2.78. The van der Waals surface area contributed by atoms with Crippen LogP contribution in [0.4, 0.5) is 0 Å². The van der Waals surface area contributed by atoms with Gasteiger partial charge in [-0.25, -0.2) is 0 Å². The van der Waals surface area contributed by atoms with E-state index in [1.54, 1.807) is 0 Å². The highest BCUT2D eigenvalue weighted by molar-refractivity contribution is 4.91. The molecule has 100 valence electrons. The third-order valence-corrected chi connectivity index (χ3v) is 5.46. The molecule has 1 aliphatic carbocycles. The van der Waals surface area contributed by atoms with Crippen LogP contribution in [-0.4, -0.2) is 36.6 Å². The summed E-state index contributed by atoms with van der Waals surface area (Å²) in [5.41, 5.74) is 0. The zero-order valence-electron chi connectivity index (χ0n) is 12.1. The van der Waals surface area contributed by atoms with Crippen LogP contribution in [0.1, 0.15) is 47.0 Å². The predicted molar refractivity (Wildman–Crippen MR) is 74.2 cm³/mol. The molecule has 1 aliphatic heterocycles. The first kappa shape index (κ1) is 13.4. The van der Waals surface area contributed by atoms with E-state index < -0.39 is 0 Å². The van der Waals surface area contributed by atoms with Crippen molar-refractivity contribution in [3.8, 4) is 0 Å². The van der Waals surface area contributed by atoms with Crippen LogP contribution >= 0.6 is 0 Å². The summed E-state index contributed by atoms with van der Waals surface area (Å²) in [6.45, 7) is 13.3. The maximum absolute atomic E-state index is 3.71.